The Morgan fingerprint density at radius 3 is 2.48 bits per heavy atom. The Morgan fingerprint density at radius 2 is 1.86 bits per heavy atom. The minimum atomic E-state index is -0.512. The van der Waals surface area contributed by atoms with Crippen molar-refractivity contribution in [2.45, 2.75) is 23.9 Å². The Bertz CT molecular complexity index is 1020. The number of nitrogens with two attached hydrogens (primary N) is 1. The number of hydrogen-bond donors (Lipinski definition) is 2. The lowest BCUT2D eigenvalue weighted by atomic mass is 10.2. The number of amides is 2. The average Bonchev–Trinajstić information content (AvgIpc) is 3.11. The number of aromatic nitrogens is 3. The highest BCUT2D eigenvalue weighted by molar-refractivity contribution is 8.00. The third-order valence-electron chi connectivity index (χ3n) is 4.15. The molecule has 0 aliphatic carbocycles. The van der Waals surface area contributed by atoms with Gasteiger partial charge in [-0.2, -0.15) is 0 Å². The van der Waals surface area contributed by atoms with Crippen LogP contribution >= 0.6 is 11.8 Å². The molecule has 1 heterocycles. The van der Waals surface area contributed by atoms with E-state index in [2.05, 4.69) is 22.1 Å². The molecule has 0 bridgehead atoms. The molecule has 0 fully saturated rings. The summed E-state index contributed by atoms with van der Waals surface area (Å²) in [7, 11) is 0. The van der Waals surface area contributed by atoms with E-state index in [1.54, 1.807) is 37.3 Å². The largest absolute Gasteiger partial charge is 0.366 e. The lowest BCUT2D eigenvalue weighted by Gasteiger charge is -2.13. The molecule has 3 N–H and O–H groups in total. The number of rotatable bonds is 8. The summed E-state index contributed by atoms with van der Waals surface area (Å²) in [5.74, 6) is 0.0291. The number of allylic oxidation sites excluding steroid dienone is 1. The van der Waals surface area contributed by atoms with E-state index in [1.807, 2.05) is 34.9 Å². The fourth-order valence-corrected chi connectivity index (χ4v) is 3.50. The van der Waals surface area contributed by atoms with E-state index in [-0.39, 0.29) is 5.91 Å². The van der Waals surface area contributed by atoms with E-state index in [4.69, 9.17) is 5.73 Å². The van der Waals surface area contributed by atoms with Crippen LogP contribution in [0.3, 0.4) is 0 Å². The second-order valence-corrected chi connectivity index (χ2v) is 7.57. The van der Waals surface area contributed by atoms with Crippen LogP contribution in [0.2, 0.25) is 0 Å². The van der Waals surface area contributed by atoms with E-state index in [0.29, 0.717) is 23.0 Å². The third kappa shape index (κ3) is 4.91. The lowest BCUT2D eigenvalue weighted by Crippen LogP contribution is -2.23. The number of benzene rings is 2. The number of nitrogens with one attached hydrogen (secondary N) is 1. The molecular formula is C21H21N5O2S. The normalized spacial score (nSPS) is 11.6. The van der Waals surface area contributed by atoms with Gasteiger partial charge in [-0.3, -0.25) is 14.2 Å². The number of hydrogen-bond acceptors (Lipinski definition) is 5. The van der Waals surface area contributed by atoms with Crippen molar-refractivity contribution in [3.8, 4) is 11.4 Å². The molecule has 1 atom stereocenters. The minimum Gasteiger partial charge on any atom is -0.366 e. The molecule has 29 heavy (non-hydrogen) atoms. The molecule has 1 aromatic heterocycles. The molecular weight excluding hydrogens is 386 g/mol. The molecule has 7 nitrogen and oxygen atoms in total. The second kappa shape index (κ2) is 9.20. The van der Waals surface area contributed by atoms with Gasteiger partial charge in [0.25, 0.3) is 0 Å². The quantitative estimate of drug-likeness (QED) is 0.440. The monoisotopic (exact) mass is 407 g/mol. The SMILES string of the molecule is C=CCn1c(S[C@@H](C)C(=O)Nc2ccc(C(N)=O)cc2)nnc1-c1ccccc1. The predicted octanol–water partition coefficient (Wildman–Crippen LogP) is 3.35. The maximum absolute atomic E-state index is 12.6. The Hall–Kier alpha value is -3.39. The van der Waals surface area contributed by atoms with Gasteiger partial charge in [0.05, 0.1) is 5.25 Å². The van der Waals surface area contributed by atoms with Gasteiger partial charge in [-0.05, 0) is 31.2 Å². The number of anilines is 1. The topological polar surface area (TPSA) is 103 Å². The fourth-order valence-electron chi connectivity index (χ4n) is 2.64. The number of carbonyl (C=O) groups excluding carboxylic acids is 2. The van der Waals surface area contributed by atoms with Crippen LogP contribution in [0.15, 0.2) is 72.4 Å². The first-order chi connectivity index (χ1) is 14.0. The molecule has 3 aromatic rings. The van der Waals surface area contributed by atoms with E-state index in [0.717, 1.165) is 11.4 Å². The van der Waals surface area contributed by atoms with E-state index < -0.39 is 11.2 Å². The highest BCUT2D eigenvalue weighted by Gasteiger charge is 2.20. The number of primary amides is 1. The van der Waals surface area contributed by atoms with Crippen LogP contribution in [-0.4, -0.2) is 31.8 Å². The van der Waals surface area contributed by atoms with Crippen LogP contribution in [0.5, 0.6) is 0 Å². The van der Waals surface area contributed by atoms with Crippen LogP contribution in [-0.2, 0) is 11.3 Å². The fraction of sp³-hybridized carbons (Fsp3) is 0.143. The molecule has 8 heteroatoms. The van der Waals surface area contributed by atoms with Crippen molar-refractivity contribution in [2.75, 3.05) is 5.32 Å². The second-order valence-electron chi connectivity index (χ2n) is 6.26. The van der Waals surface area contributed by atoms with E-state index in [9.17, 15) is 9.59 Å². The number of nitrogens with zero attached hydrogens (tertiary/aromatic N) is 3. The first-order valence-electron chi connectivity index (χ1n) is 8.96. The Morgan fingerprint density at radius 1 is 1.17 bits per heavy atom. The summed E-state index contributed by atoms with van der Waals surface area (Å²) in [6, 6.07) is 16.2. The van der Waals surface area contributed by atoms with Gasteiger partial charge in [-0.1, -0.05) is 48.2 Å². The summed E-state index contributed by atoms with van der Waals surface area (Å²) >= 11 is 1.32. The molecule has 2 aromatic carbocycles. The first-order valence-corrected chi connectivity index (χ1v) is 9.84. The lowest BCUT2D eigenvalue weighted by molar-refractivity contribution is -0.115. The molecule has 0 aliphatic heterocycles. The van der Waals surface area contributed by atoms with Crippen LogP contribution < -0.4 is 11.1 Å². The van der Waals surface area contributed by atoms with Gasteiger partial charge in [-0.15, -0.1) is 16.8 Å². The first kappa shape index (κ1) is 20.3. The summed E-state index contributed by atoms with van der Waals surface area (Å²) in [5.41, 5.74) is 7.15. The Balaban J connectivity index is 1.73. The van der Waals surface area contributed by atoms with Gasteiger partial charge in [-0.25, -0.2) is 0 Å². The van der Waals surface area contributed by atoms with Gasteiger partial charge in [0.1, 0.15) is 0 Å². The predicted molar refractivity (Wildman–Crippen MR) is 115 cm³/mol. The molecule has 0 aliphatic rings. The zero-order chi connectivity index (χ0) is 20.8. The van der Waals surface area contributed by atoms with Gasteiger partial charge in [0.2, 0.25) is 11.8 Å². The minimum absolute atomic E-state index is 0.184. The maximum atomic E-state index is 12.6. The maximum Gasteiger partial charge on any atom is 0.248 e. The van der Waals surface area contributed by atoms with Crippen molar-refractivity contribution >= 4 is 29.3 Å². The van der Waals surface area contributed by atoms with Crippen molar-refractivity contribution in [3.63, 3.8) is 0 Å². The summed E-state index contributed by atoms with van der Waals surface area (Å²) in [5, 5.41) is 11.6. The van der Waals surface area contributed by atoms with Crippen LogP contribution in [0.25, 0.3) is 11.4 Å². The van der Waals surface area contributed by atoms with Gasteiger partial charge >= 0.3 is 0 Å². The molecule has 0 radical (unpaired) electrons. The van der Waals surface area contributed by atoms with Crippen molar-refractivity contribution < 1.29 is 9.59 Å². The van der Waals surface area contributed by atoms with Crippen LogP contribution in [0.4, 0.5) is 5.69 Å². The summed E-state index contributed by atoms with van der Waals surface area (Å²) in [6.07, 6.45) is 1.77. The van der Waals surface area contributed by atoms with Crippen LogP contribution in [0, 0.1) is 0 Å². The molecule has 148 valence electrons. The van der Waals surface area contributed by atoms with Gasteiger partial charge < -0.3 is 11.1 Å². The summed E-state index contributed by atoms with van der Waals surface area (Å²) in [6.45, 7) is 6.13. The molecule has 0 saturated heterocycles. The van der Waals surface area contributed by atoms with E-state index in [1.165, 1.54) is 11.8 Å². The van der Waals surface area contributed by atoms with Crippen molar-refractivity contribution in [3.05, 3.63) is 72.8 Å². The number of thioether (sulfide) groups is 1. The average molecular weight is 407 g/mol. The molecule has 0 unspecified atom stereocenters. The summed E-state index contributed by atoms with van der Waals surface area (Å²) in [4.78, 5) is 23.7. The highest BCUT2D eigenvalue weighted by Crippen LogP contribution is 2.27. The summed E-state index contributed by atoms with van der Waals surface area (Å²) < 4.78 is 1.93. The molecule has 3 rings (SSSR count). The molecule has 0 spiro atoms. The standard InChI is InChI=1S/C21H21N5O2S/c1-3-13-26-19(16-7-5-4-6-8-16)24-25-21(26)29-14(2)20(28)23-17-11-9-15(10-12-17)18(22)27/h3-12,14H,1,13H2,2H3,(H2,22,27)(H,23,28)/t14-/m0/s1. The van der Waals surface area contributed by atoms with Gasteiger partial charge in [0.15, 0.2) is 11.0 Å². The Labute approximate surface area is 173 Å². The van der Waals surface area contributed by atoms with Gasteiger partial charge in [0, 0.05) is 23.4 Å². The zero-order valence-electron chi connectivity index (χ0n) is 15.9. The smallest absolute Gasteiger partial charge is 0.248 e. The zero-order valence-corrected chi connectivity index (χ0v) is 16.7. The third-order valence-corrected chi connectivity index (χ3v) is 5.23. The highest BCUT2D eigenvalue weighted by atomic mass is 32.2. The van der Waals surface area contributed by atoms with E-state index >= 15 is 0 Å². The Kier molecular flexibility index (Phi) is 6.46. The molecule has 0 saturated carbocycles. The van der Waals surface area contributed by atoms with Crippen molar-refractivity contribution in [1.29, 1.82) is 0 Å². The van der Waals surface area contributed by atoms with Crippen molar-refractivity contribution in [2.24, 2.45) is 5.73 Å². The van der Waals surface area contributed by atoms with Crippen LogP contribution in [0.1, 0.15) is 17.3 Å². The van der Waals surface area contributed by atoms with Crippen molar-refractivity contribution in [1.82, 2.24) is 14.8 Å². The molecule has 2 amide bonds. The number of carbonyl (C=O) groups is 2.